The number of amides is 2. The molecule has 0 aromatic carbocycles. The molecule has 19 heavy (non-hydrogen) atoms. The molecule has 0 radical (unpaired) electrons. The summed E-state index contributed by atoms with van der Waals surface area (Å²) in [6.07, 6.45) is 7.40. The molecular formula is C14H24N2O2S. The number of thioether (sulfide) groups is 1. The van der Waals surface area contributed by atoms with Gasteiger partial charge in [0.25, 0.3) is 0 Å². The van der Waals surface area contributed by atoms with Crippen LogP contribution >= 0.6 is 11.8 Å². The van der Waals surface area contributed by atoms with Crippen LogP contribution in [0.2, 0.25) is 0 Å². The number of nitrogens with one attached hydrogen (secondary N) is 1. The Labute approximate surface area is 119 Å². The second-order valence-corrected chi connectivity index (χ2v) is 6.60. The van der Waals surface area contributed by atoms with Crippen LogP contribution in [0.4, 0.5) is 0 Å². The van der Waals surface area contributed by atoms with E-state index in [0.29, 0.717) is 11.7 Å². The van der Waals surface area contributed by atoms with Crippen LogP contribution in [-0.2, 0) is 9.59 Å². The van der Waals surface area contributed by atoms with Crippen LogP contribution in [0, 0.1) is 0 Å². The van der Waals surface area contributed by atoms with E-state index in [4.69, 9.17) is 0 Å². The van der Waals surface area contributed by atoms with E-state index in [2.05, 4.69) is 11.6 Å². The third-order valence-corrected chi connectivity index (χ3v) is 5.49. The van der Waals surface area contributed by atoms with Crippen molar-refractivity contribution < 1.29 is 9.59 Å². The third kappa shape index (κ3) is 2.76. The molecule has 4 atom stereocenters. The zero-order chi connectivity index (χ0) is 14.0. The lowest BCUT2D eigenvalue weighted by Crippen LogP contribution is -2.66. The number of hydrogen-bond acceptors (Lipinski definition) is 3. The van der Waals surface area contributed by atoms with Gasteiger partial charge in [-0.05, 0) is 32.4 Å². The smallest absolute Gasteiger partial charge is 0.245 e. The van der Waals surface area contributed by atoms with Gasteiger partial charge in [0, 0.05) is 11.3 Å². The molecule has 1 saturated heterocycles. The first-order valence-electron chi connectivity index (χ1n) is 7.25. The average Bonchev–Trinajstić information content (AvgIpc) is 2.42. The van der Waals surface area contributed by atoms with Crippen molar-refractivity contribution in [2.24, 2.45) is 0 Å². The van der Waals surface area contributed by atoms with Crippen LogP contribution in [0.15, 0.2) is 0 Å². The standard InChI is InChI=1S/C14H24N2O2S/c1-4-10-13(17)15-9(2)14(18)16(10)11-7-5-6-8-12(11)19-3/h9-12H,4-8H2,1-3H3,(H,15,17). The van der Waals surface area contributed by atoms with Crippen molar-refractivity contribution >= 4 is 23.6 Å². The third-order valence-electron chi connectivity index (χ3n) is 4.34. The van der Waals surface area contributed by atoms with Crippen LogP contribution in [-0.4, -0.2) is 46.3 Å². The average molecular weight is 284 g/mol. The number of piperazine rings is 1. The molecule has 0 aromatic rings. The maximum absolute atomic E-state index is 12.5. The zero-order valence-electron chi connectivity index (χ0n) is 12.0. The molecule has 4 unspecified atom stereocenters. The summed E-state index contributed by atoms with van der Waals surface area (Å²) in [6.45, 7) is 3.77. The van der Waals surface area contributed by atoms with Crippen LogP contribution in [0.25, 0.3) is 0 Å². The Kier molecular flexibility index (Phi) is 4.76. The van der Waals surface area contributed by atoms with E-state index in [1.807, 2.05) is 23.6 Å². The maximum Gasteiger partial charge on any atom is 0.245 e. The first-order chi connectivity index (χ1) is 9.10. The first kappa shape index (κ1) is 14.7. The Morgan fingerprint density at radius 2 is 2.00 bits per heavy atom. The second-order valence-electron chi connectivity index (χ2n) is 5.53. The van der Waals surface area contributed by atoms with E-state index in [1.165, 1.54) is 6.42 Å². The molecule has 2 aliphatic rings. The molecule has 1 aliphatic carbocycles. The van der Waals surface area contributed by atoms with Crippen LogP contribution in [0.1, 0.15) is 46.0 Å². The van der Waals surface area contributed by atoms with Crippen LogP contribution in [0.3, 0.4) is 0 Å². The number of hydrogen-bond donors (Lipinski definition) is 1. The minimum Gasteiger partial charge on any atom is -0.343 e. The fraction of sp³-hybridized carbons (Fsp3) is 0.857. The van der Waals surface area contributed by atoms with Crippen molar-refractivity contribution in [2.45, 2.75) is 69.3 Å². The lowest BCUT2D eigenvalue weighted by molar-refractivity contribution is -0.152. The summed E-state index contributed by atoms with van der Waals surface area (Å²) in [5.41, 5.74) is 0. The molecule has 0 spiro atoms. The monoisotopic (exact) mass is 284 g/mol. The van der Waals surface area contributed by atoms with Gasteiger partial charge in [-0.3, -0.25) is 9.59 Å². The van der Waals surface area contributed by atoms with Gasteiger partial charge in [-0.15, -0.1) is 0 Å². The predicted octanol–water partition coefficient (Wildman–Crippen LogP) is 1.79. The van der Waals surface area contributed by atoms with Gasteiger partial charge in [0.1, 0.15) is 12.1 Å². The van der Waals surface area contributed by atoms with Crippen molar-refractivity contribution in [3.05, 3.63) is 0 Å². The van der Waals surface area contributed by atoms with Gasteiger partial charge in [-0.1, -0.05) is 19.8 Å². The fourth-order valence-corrected chi connectivity index (χ4v) is 4.31. The number of nitrogens with zero attached hydrogens (tertiary/aromatic N) is 1. The summed E-state index contributed by atoms with van der Waals surface area (Å²) in [5, 5.41) is 3.27. The fourth-order valence-electron chi connectivity index (χ4n) is 3.32. The molecule has 4 nitrogen and oxygen atoms in total. The summed E-state index contributed by atoms with van der Waals surface area (Å²) in [7, 11) is 0. The zero-order valence-corrected chi connectivity index (χ0v) is 12.8. The molecule has 0 bridgehead atoms. The van der Waals surface area contributed by atoms with Gasteiger partial charge in [0.05, 0.1) is 0 Å². The van der Waals surface area contributed by atoms with Crippen molar-refractivity contribution in [3.8, 4) is 0 Å². The van der Waals surface area contributed by atoms with E-state index in [-0.39, 0.29) is 29.9 Å². The van der Waals surface area contributed by atoms with Crippen LogP contribution < -0.4 is 5.32 Å². The Hall–Kier alpha value is -0.710. The molecule has 5 heteroatoms. The minimum atomic E-state index is -0.375. The molecular weight excluding hydrogens is 260 g/mol. The van der Waals surface area contributed by atoms with Crippen molar-refractivity contribution in [3.63, 3.8) is 0 Å². The lowest BCUT2D eigenvalue weighted by Gasteiger charge is -2.46. The van der Waals surface area contributed by atoms with E-state index < -0.39 is 0 Å². The molecule has 2 amide bonds. The molecule has 1 saturated carbocycles. The molecule has 0 aromatic heterocycles. The molecule has 1 aliphatic heterocycles. The molecule has 1 heterocycles. The highest BCUT2D eigenvalue weighted by Gasteiger charge is 2.43. The van der Waals surface area contributed by atoms with Crippen molar-refractivity contribution in [1.82, 2.24) is 10.2 Å². The summed E-state index contributed by atoms with van der Waals surface area (Å²) >= 11 is 1.84. The van der Waals surface area contributed by atoms with Gasteiger partial charge in [-0.25, -0.2) is 0 Å². The summed E-state index contributed by atoms with van der Waals surface area (Å²) < 4.78 is 0. The number of carbonyl (C=O) groups excluding carboxylic acids is 2. The Bertz CT molecular complexity index is 361. The quantitative estimate of drug-likeness (QED) is 0.859. The Balaban J connectivity index is 2.26. The second kappa shape index (κ2) is 6.16. The number of carbonyl (C=O) groups is 2. The first-order valence-corrected chi connectivity index (χ1v) is 8.54. The Morgan fingerprint density at radius 1 is 1.32 bits per heavy atom. The summed E-state index contributed by atoms with van der Waals surface area (Å²) in [5.74, 6) is 0.109. The SMILES string of the molecule is CCC1C(=O)NC(C)C(=O)N1C1CCCCC1SC. The molecule has 2 rings (SSSR count). The van der Waals surface area contributed by atoms with Gasteiger partial charge in [0.2, 0.25) is 11.8 Å². The van der Waals surface area contributed by atoms with E-state index in [1.54, 1.807) is 6.92 Å². The highest BCUT2D eigenvalue weighted by Crippen LogP contribution is 2.33. The van der Waals surface area contributed by atoms with Gasteiger partial charge >= 0.3 is 0 Å². The van der Waals surface area contributed by atoms with E-state index >= 15 is 0 Å². The number of rotatable bonds is 3. The Morgan fingerprint density at radius 3 is 2.63 bits per heavy atom. The van der Waals surface area contributed by atoms with E-state index in [0.717, 1.165) is 19.3 Å². The maximum atomic E-state index is 12.5. The topological polar surface area (TPSA) is 49.4 Å². The summed E-state index contributed by atoms with van der Waals surface area (Å²) in [4.78, 5) is 26.5. The largest absolute Gasteiger partial charge is 0.343 e. The van der Waals surface area contributed by atoms with Crippen molar-refractivity contribution in [2.75, 3.05) is 6.26 Å². The molecule has 108 valence electrons. The molecule has 1 N–H and O–H groups in total. The van der Waals surface area contributed by atoms with Crippen molar-refractivity contribution in [1.29, 1.82) is 0 Å². The summed E-state index contributed by atoms with van der Waals surface area (Å²) in [6, 6.07) is -0.420. The lowest BCUT2D eigenvalue weighted by atomic mass is 9.90. The van der Waals surface area contributed by atoms with Gasteiger partial charge in [-0.2, -0.15) is 11.8 Å². The highest BCUT2D eigenvalue weighted by atomic mass is 32.2. The van der Waals surface area contributed by atoms with E-state index in [9.17, 15) is 9.59 Å². The van der Waals surface area contributed by atoms with Gasteiger partial charge in [0.15, 0.2) is 0 Å². The molecule has 2 fully saturated rings. The minimum absolute atomic E-state index is 0.0139. The predicted molar refractivity (Wildman–Crippen MR) is 78.1 cm³/mol. The van der Waals surface area contributed by atoms with Crippen LogP contribution in [0.5, 0.6) is 0 Å². The highest BCUT2D eigenvalue weighted by molar-refractivity contribution is 7.99. The normalized spacial score (nSPS) is 36.3. The van der Waals surface area contributed by atoms with Gasteiger partial charge < -0.3 is 10.2 Å².